The molecule has 0 amide bonds. The lowest BCUT2D eigenvalue weighted by Crippen LogP contribution is -2.40. The van der Waals surface area contributed by atoms with Crippen molar-refractivity contribution in [2.75, 3.05) is 18.6 Å². The molecule has 1 aromatic heterocycles. The van der Waals surface area contributed by atoms with Crippen LogP contribution >= 0.6 is 11.6 Å². The smallest absolute Gasteiger partial charge is 0.322 e. The van der Waals surface area contributed by atoms with Crippen molar-refractivity contribution in [1.29, 1.82) is 0 Å². The van der Waals surface area contributed by atoms with Gasteiger partial charge in [0.1, 0.15) is 0 Å². The van der Waals surface area contributed by atoms with Crippen molar-refractivity contribution in [3.63, 3.8) is 0 Å². The van der Waals surface area contributed by atoms with Crippen LogP contribution in [0.1, 0.15) is 39.5 Å². The molecule has 1 saturated carbocycles. The highest BCUT2D eigenvalue weighted by Crippen LogP contribution is 2.29. The van der Waals surface area contributed by atoms with Gasteiger partial charge in [0.2, 0.25) is 11.2 Å². The number of ether oxygens (including phenoxy) is 1. The number of hydrogen-bond donors (Lipinski definition) is 0. The first-order valence-electron chi connectivity index (χ1n) is 6.89. The first kappa shape index (κ1) is 14.3. The number of anilines is 1. The minimum absolute atomic E-state index is 0.184. The van der Waals surface area contributed by atoms with Crippen molar-refractivity contribution in [2.24, 2.45) is 5.92 Å². The number of rotatable bonds is 4. The van der Waals surface area contributed by atoms with Gasteiger partial charge in [-0.25, -0.2) is 0 Å². The maximum Gasteiger partial charge on any atom is 0.322 e. The molecule has 1 fully saturated rings. The predicted octanol–water partition coefficient (Wildman–Crippen LogP) is 2.94. The highest BCUT2D eigenvalue weighted by atomic mass is 35.5. The summed E-state index contributed by atoms with van der Waals surface area (Å²) < 4.78 is 5.32. The normalized spacial score (nSPS) is 23.2. The molecule has 0 N–H and O–H groups in total. The highest BCUT2D eigenvalue weighted by molar-refractivity contribution is 6.28. The summed E-state index contributed by atoms with van der Waals surface area (Å²) in [5, 5.41) is 0.184. The zero-order valence-electron chi connectivity index (χ0n) is 11.8. The summed E-state index contributed by atoms with van der Waals surface area (Å²) in [6.07, 6.45) is 5.00. The fourth-order valence-electron chi connectivity index (χ4n) is 2.69. The van der Waals surface area contributed by atoms with E-state index in [1.165, 1.54) is 25.7 Å². The molecule has 1 heterocycles. The largest absolute Gasteiger partial charge is 0.464 e. The molecule has 5 nitrogen and oxygen atoms in total. The molecule has 0 aliphatic heterocycles. The van der Waals surface area contributed by atoms with E-state index in [9.17, 15) is 0 Å². The Bertz CT molecular complexity index is 429. The molecule has 1 aliphatic rings. The van der Waals surface area contributed by atoms with E-state index in [2.05, 4.69) is 26.8 Å². The Morgan fingerprint density at radius 3 is 2.68 bits per heavy atom. The van der Waals surface area contributed by atoms with Gasteiger partial charge in [-0.3, -0.25) is 0 Å². The lowest BCUT2D eigenvalue weighted by Gasteiger charge is -2.36. The minimum Gasteiger partial charge on any atom is -0.464 e. The van der Waals surface area contributed by atoms with Gasteiger partial charge in [-0.1, -0.05) is 19.8 Å². The second-order valence-corrected chi connectivity index (χ2v) is 5.40. The average molecular weight is 285 g/mol. The molecule has 19 heavy (non-hydrogen) atoms. The van der Waals surface area contributed by atoms with Gasteiger partial charge in [0.25, 0.3) is 0 Å². The maximum absolute atomic E-state index is 5.94. The fraction of sp³-hybridized carbons (Fsp3) is 0.769. The van der Waals surface area contributed by atoms with Gasteiger partial charge in [-0.2, -0.15) is 15.0 Å². The van der Waals surface area contributed by atoms with Crippen molar-refractivity contribution in [1.82, 2.24) is 15.0 Å². The van der Waals surface area contributed by atoms with Gasteiger partial charge < -0.3 is 9.64 Å². The van der Waals surface area contributed by atoms with E-state index in [0.29, 0.717) is 30.5 Å². The molecule has 6 heteroatoms. The molecule has 2 unspecified atom stereocenters. The highest BCUT2D eigenvalue weighted by Gasteiger charge is 2.27. The number of hydrogen-bond acceptors (Lipinski definition) is 5. The Balaban J connectivity index is 2.19. The Labute approximate surface area is 119 Å². The van der Waals surface area contributed by atoms with E-state index in [1.807, 2.05) is 14.0 Å². The fourth-order valence-corrected chi connectivity index (χ4v) is 2.84. The monoisotopic (exact) mass is 284 g/mol. The van der Waals surface area contributed by atoms with Crippen molar-refractivity contribution in [2.45, 2.75) is 45.6 Å². The van der Waals surface area contributed by atoms with Crippen LogP contribution in [0.2, 0.25) is 5.28 Å². The van der Waals surface area contributed by atoms with Gasteiger partial charge in [-0.15, -0.1) is 0 Å². The second kappa shape index (κ2) is 6.37. The van der Waals surface area contributed by atoms with Crippen LogP contribution < -0.4 is 9.64 Å². The van der Waals surface area contributed by atoms with E-state index in [1.54, 1.807) is 0 Å². The molecule has 0 bridgehead atoms. The SMILES string of the molecule is CCOc1nc(Cl)nc(N(C)C2CCCCC2C)n1. The van der Waals surface area contributed by atoms with Crippen molar-refractivity contribution in [3.8, 4) is 6.01 Å². The van der Waals surface area contributed by atoms with E-state index in [0.717, 1.165) is 0 Å². The molecule has 1 aromatic rings. The number of aromatic nitrogens is 3. The number of nitrogens with zero attached hydrogens (tertiary/aromatic N) is 4. The molecule has 1 aliphatic carbocycles. The van der Waals surface area contributed by atoms with Crippen LogP contribution in [-0.2, 0) is 0 Å². The average Bonchev–Trinajstić information content (AvgIpc) is 2.38. The van der Waals surface area contributed by atoms with Crippen LogP contribution in [0.5, 0.6) is 6.01 Å². The van der Waals surface area contributed by atoms with E-state index in [4.69, 9.17) is 16.3 Å². The summed E-state index contributed by atoms with van der Waals surface area (Å²) in [7, 11) is 2.02. The van der Waals surface area contributed by atoms with Gasteiger partial charge in [0, 0.05) is 13.1 Å². The summed E-state index contributed by atoms with van der Waals surface area (Å²) >= 11 is 5.94. The van der Waals surface area contributed by atoms with Crippen LogP contribution in [-0.4, -0.2) is 34.6 Å². The third-order valence-electron chi connectivity index (χ3n) is 3.73. The Kier molecular flexibility index (Phi) is 4.80. The van der Waals surface area contributed by atoms with Crippen molar-refractivity contribution >= 4 is 17.5 Å². The van der Waals surface area contributed by atoms with E-state index >= 15 is 0 Å². The summed E-state index contributed by atoms with van der Waals surface area (Å²) in [5.74, 6) is 1.24. The van der Waals surface area contributed by atoms with Crippen LogP contribution in [0, 0.1) is 5.92 Å². The van der Waals surface area contributed by atoms with Gasteiger partial charge in [0.05, 0.1) is 6.61 Å². The van der Waals surface area contributed by atoms with Gasteiger partial charge in [0.15, 0.2) is 0 Å². The zero-order valence-corrected chi connectivity index (χ0v) is 12.5. The third kappa shape index (κ3) is 3.47. The molecule has 2 rings (SSSR count). The predicted molar refractivity (Wildman–Crippen MR) is 75.8 cm³/mol. The molecule has 0 spiro atoms. The topological polar surface area (TPSA) is 51.1 Å². The summed E-state index contributed by atoms with van der Waals surface area (Å²) in [6.45, 7) is 4.69. The van der Waals surface area contributed by atoms with Gasteiger partial charge in [-0.05, 0) is 37.3 Å². The number of halogens is 1. The molecule has 106 valence electrons. The van der Waals surface area contributed by atoms with E-state index in [-0.39, 0.29) is 5.28 Å². The van der Waals surface area contributed by atoms with Crippen LogP contribution in [0.3, 0.4) is 0 Å². The van der Waals surface area contributed by atoms with Crippen LogP contribution in [0.25, 0.3) is 0 Å². The standard InChI is InChI=1S/C13H21ClN4O/c1-4-19-13-16-11(14)15-12(17-13)18(3)10-8-6-5-7-9(10)2/h9-10H,4-8H2,1-3H3. The minimum atomic E-state index is 0.184. The third-order valence-corrected chi connectivity index (χ3v) is 3.90. The molecule has 0 saturated heterocycles. The Hall–Kier alpha value is -1.10. The zero-order chi connectivity index (χ0) is 13.8. The summed E-state index contributed by atoms with van der Waals surface area (Å²) in [5.41, 5.74) is 0. The molecular formula is C13H21ClN4O. The van der Waals surface area contributed by atoms with Crippen molar-refractivity contribution in [3.05, 3.63) is 5.28 Å². The first-order valence-corrected chi connectivity index (χ1v) is 7.26. The lowest BCUT2D eigenvalue weighted by molar-refractivity contribution is 0.305. The summed E-state index contributed by atoms with van der Waals surface area (Å²) in [4.78, 5) is 14.6. The first-order chi connectivity index (χ1) is 9.11. The maximum atomic E-state index is 5.94. The Morgan fingerprint density at radius 2 is 2.00 bits per heavy atom. The molecular weight excluding hydrogens is 264 g/mol. The van der Waals surface area contributed by atoms with Crippen molar-refractivity contribution < 1.29 is 4.74 Å². The lowest BCUT2D eigenvalue weighted by atomic mass is 9.85. The molecule has 2 atom stereocenters. The Morgan fingerprint density at radius 1 is 1.26 bits per heavy atom. The van der Waals surface area contributed by atoms with Crippen LogP contribution in [0.15, 0.2) is 0 Å². The quantitative estimate of drug-likeness (QED) is 0.851. The second-order valence-electron chi connectivity index (χ2n) is 5.06. The van der Waals surface area contributed by atoms with Crippen LogP contribution in [0.4, 0.5) is 5.95 Å². The van der Waals surface area contributed by atoms with Gasteiger partial charge >= 0.3 is 6.01 Å². The van der Waals surface area contributed by atoms with E-state index < -0.39 is 0 Å². The molecule has 0 radical (unpaired) electrons. The summed E-state index contributed by atoms with van der Waals surface area (Å²) in [6, 6.07) is 0.759. The molecule has 0 aromatic carbocycles.